The number of aryl methyl sites for hydroxylation is 1. The van der Waals surface area contributed by atoms with Crippen molar-refractivity contribution in [3.05, 3.63) is 59.9 Å². The molecule has 166 valence electrons. The van der Waals surface area contributed by atoms with Crippen LogP contribution in [0.3, 0.4) is 0 Å². The van der Waals surface area contributed by atoms with Crippen LogP contribution in [0.25, 0.3) is 10.9 Å². The van der Waals surface area contributed by atoms with Gasteiger partial charge >= 0.3 is 0 Å². The Balaban J connectivity index is 1.46. The van der Waals surface area contributed by atoms with Crippen LogP contribution in [0.1, 0.15) is 43.7 Å². The van der Waals surface area contributed by atoms with Gasteiger partial charge in [-0.2, -0.15) is 0 Å². The number of hydrogen-bond donors (Lipinski definition) is 1. The van der Waals surface area contributed by atoms with Gasteiger partial charge in [-0.15, -0.1) is 0 Å². The number of sulfonamides is 1. The molecule has 2 aliphatic carbocycles. The van der Waals surface area contributed by atoms with E-state index in [4.69, 9.17) is 4.74 Å². The Labute approximate surface area is 187 Å². The first-order chi connectivity index (χ1) is 15.4. The Morgan fingerprint density at radius 2 is 2.00 bits per heavy atom. The zero-order chi connectivity index (χ0) is 22.3. The molecule has 0 saturated heterocycles. The molecule has 0 spiro atoms. The van der Waals surface area contributed by atoms with Gasteiger partial charge in [0.1, 0.15) is 0 Å². The molecule has 2 aliphatic rings. The van der Waals surface area contributed by atoms with E-state index < -0.39 is 21.3 Å². The van der Waals surface area contributed by atoms with E-state index in [1.165, 1.54) is 6.07 Å². The molecule has 0 radical (unpaired) electrons. The van der Waals surface area contributed by atoms with E-state index in [1.807, 2.05) is 13.0 Å². The third kappa shape index (κ3) is 3.83. The van der Waals surface area contributed by atoms with Gasteiger partial charge in [0.05, 0.1) is 22.4 Å². The number of nitrogens with zero attached hydrogens (tertiary/aromatic N) is 2. The second kappa shape index (κ2) is 7.85. The molecule has 5 rings (SSSR count). The number of hydrogen-bond acceptors (Lipinski definition) is 6. The van der Waals surface area contributed by atoms with Crippen molar-refractivity contribution in [2.75, 3.05) is 6.61 Å². The average Bonchev–Trinajstić information content (AvgIpc) is 3.71. The fourth-order valence-electron chi connectivity index (χ4n) is 3.96. The van der Waals surface area contributed by atoms with Gasteiger partial charge < -0.3 is 4.74 Å². The molecular formula is C24H25N3O4S. The lowest BCUT2D eigenvalue weighted by Gasteiger charge is -2.20. The van der Waals surface area contributed by atoms with E-state index >= 15 is 0 Å². The minimum Gasteiger partial charge on any atom is -0.477 e. The fourth-order valence-corrected chi connectivity index (χ4v) is 5.23. The number of carbonyl (C=O) groups is 1. The molecule has 1 amide bonds. The van der Waals surface area contributed by atoms with Crippen molar-refractivity contribution in [3.8, 4) is 5.88 Å². The number of carbonyl (C=O) groups excluding carboxylic acids is 1. The summed E-state index contributed by atoms with van der Waals surface area (Å²) in [5.41, 5.74) is 1.29. The monoisotopic (exact) mass is 451 g/mol. The maximum atomic E-state index is 13.4. The number of benzene rings is 1. The number of pyridine rings is 2. The number of nitrogens with one attached hydrogen (secondary N) is 1. The van der Waals surface area contributed by atoms with Crippen molar-refractivity contribution in [3.63, 3.8) is 0 Å². The summed E-state index contributed by atoms with van der Waals surface area (Å²) in [5.74, 6) is 0.443. The first kappa shape index (κ1) is 20.9. The molecule has 32 heavy (non-hydrogen) atoms. The van der Waals surface area contributed by atoms with Gasteiger partial charge in [-0.25, -0.2) is 18.1 Å². The molecular weight excluding hydrogens is 426 g/mol. The molecule has 2 fully saturated rings. The van der Waals surface area contributed by atoms with Crippen LogP contribution in [0.5, 0.6) is 5.88 Å². The predicted molar refractivity (Wildman–Crippen MR) is 120 cm³/mol. The van der Waals surface area contributed by atoms with Crippen LogP contribution in [0, 0.1) is 5.92 Å². The van der Waals surface area contributed by atoms with Crippen molar-refractivity contribution < 1.29 is 17.9 Å². The van der Waals surface area contributed by atoms with Crippen molar-refractivity contribution in [1.29, 1.82) is 0 Å². The highest BCUT2D eigenvalue weighted by Gasteiger charge is 2.54. The Hall–Kier alpha value is -3.00. The number of rotatable bonds is 8. The number of fused-ring (bicyclic) bond motifs is 1. The molecule has 8 heteroatoms. The van der Waals surface area contributed by atoms with Crippen LogP contribution >= 0.6 is 0 Å². The summed E-state index contributed by atoms with van der Waals surface area (Å²) in [4.78, 5) is 22.1. The van der Waals surface area contributed by atoms with Gasteiger partial charge in [0.25, 0.3) is 10.0 Å². The Morgan fingerprint density at radius 1 is 1.19 bits per heavy atom. The van der Waals surface area contributed by atoms with Crippen LogP contribution < -0.4 is 9.46 Å². The maximum absolute atomic E-state index is 13.4. The van der Waals surface area contributed by atoms with E-state index in [0.29, 0.717) is 47.7 Å². The topological polar surface area (TPSA) is 98.2 Å². The summed E-state index contributed by atoms with van der Waals surface area (Å²) in [6, 6.07) is 10.2. The van der Waals surface area contributed by atoms with Gasteiger partial charge in [0.2, 0.25) is 11.8 Å². The Morgan fingerprint density at radius 3 is 2.72 bits per heavy atom. The molecule has 1 N–H and O–H groups in total. The highest BCUT2D eigenvalue weighted by Crippen LogP contribution is 2.51. The largest absolute Gasteiger partial charge is 0.477 e. The van der Waals surface area contributed by atoms with E-state index in [-0.39, 0.29) is 4.90 Å². The third-order valence-electron chi connectivity index (χ3n) is 6.29. The molecule has 2 saturated carbocycles. The Kier molecular flexibility index (Phi) is 5.12. The minimum atomic E-state index is -4.08. The molecule has 2 heterocycles. The van der Waals surface area contributed by atoms with E-state index in [1.54, 1.807) is 36.7 Å². The lowest BCUT2D eigenvalue weighted by atomic mass is 9.94. The van der Waals surface area contributed by atoms with Crippen LogP contribution in [-0.2, 0) is 26.7 Å². The van der Waals surface area contributed by atoms with Crippen molar-refractivity contribution in [1.82, 2.24) is 14.7 Å². The quantitative estimate of drug-likeness (QED) is 0.563. The molecule has 0 bridgehead atoms. The van der Waals surface area contributed by atoms with Gasteiger partial charge in [0, 0.05) is 23.3 Å². The van der Waals surface area contributed by atoms with Crippen LogP contribution in [0.4, 0.5) is 0 Å². The van der Waals surface area contributed by atoms with Crippen LogP contribution in [0.15, 0.2) is 53.7 Å². The first-order valence-corrected chi connectivity index (χ1v) is 12.4. The lowest BCUT2D eigenvalue weighted by Crippen LogP contribution is -2.39. The summed E-state index contributed by atoms with van der Waals surface area (Å²) >= 11 is 0. The molecule has 0 aliphatic heterocycles. The number of ether oxygens (including phenoxy) is 1. The van der Waals surface area contributed by atoms with Gasteiger partial charge in [-0.05, 0) is 73.9 Å². The van der Waals surface area contributed by atoms with Gasteiger partial charge in [-0.1, -0.05) is 13.0 Å². The van der Waals surface area contributed by atoms with E-state index in [9.17, 15) is 13.2 Å². The normalized spacial score (nSPS) is 17.2. The molecule has 3 aromatic rings. The maximum Gasteiger partial charge on any atom is 0.264 e. The number of aromatic nitrogens is 2. The standard InChI is InChI=1S/C24H25N3O4S/c1-2-16-13-19(22(26-14-16)31-15-17-8-9-17)24(10-11-24)23(28)27-32(29,30)21-7-3-6-20-18(21)5-4-12-25-20/h3-7,12-14,17H,2,8-11,15H2,1H3,(H,27,28). The van der Waals surface area contributed by atoms with E-state index in [0.717, 1.165) is 24.8 Å². The second-order valence-electron chi connectivity index (χ2n) is 8.65. The zero-order valence-corrected chi connectivity index (χ0v) is 18.7. The summed E-state index contributed by atoms with van der Waals surface area (Å²) < 4.78 is 34.7. The Bertz CT molecular complexity index is 1290. The lowest BCUT2D eigenvalue weighted by molar-refractivity contribution is -0.121. The molecule has 0 atom stereocenters. The molecule has 1 aromatic carbocycles. The SMILES string of the molecule is CCc1cnc(OCC2CC2)c(C2(C(=O)NS(=O)(=O)c3cccc4ncccc34)CC2)c1. The summed E-state index contributed by atoms with van der Waals surface area (Å²) in [5, 5.41) is 0.475. The van der Waals surface area contributed by atoms with Crippen LogP contribution in [-0.4, -0.2) is 30.9 Å². The highest BCUT2D eigenvalue weighted by molar-refractivity contribution is 7.90. The average molecular weight is 452 g/mol. The summed E-state index contributed by atoms with van der Waals surface area (Å²) in [6.45, 7) is 2.59. The van der Waals surface area contributed by atoms with Crippen molar-refractivity contribution in [2.24, 2.45) is 5.92 Å². The van der Waals surface area contributed by atoms with Gasteiger partial charge in [0.15, 0.2) is 0 Å². The highest BCUT2D eigenvalue weighted by atomic mass is 32.2. The number of amides is 1. The van der Waals surface area contributed by atoms with Crippen molar-refractivity contribution >= 4 is 26.8 Å². The predicted octanol–water partition coefficient (Wildman–Crippen LogP) is 3.52. The van der Waals surface area contributed by atoms with E-state index in [2.05, 4.69) is 14.7 Å². The van der Waals surface area contributed by atoms with Crippen molar-refractivity contribution in [2.45, 2.75) is 49.3 Å². The molecule has 7 nitrogen and oxygen atoms in total. The van der Waals surface area contributed by atoms with Crippen LogP contribution in [0.2, 0.25) is 0 Å². The molecule has 0 unspecified atom stereocenters. The fraction of sp³-hybridized carbons (Fsp3) is 0.375. The molecule has 2 aromatic heterocycles. The second-order valence-corrected chi connectivity index (χ2v) is 10.3. The third-order valence-corrected chi connectivity index (χ3v) is 7.68. The smallest absolute Gasteiger partial charge is 0.264 e. The first-order valence-electron chi connectivity index (χ1n) is 11.0. The zero-order valence-electron chi connectivity index (χ0n) is 17.9. The van der Waals surface area contributed by atoms with Gasteiger partial charge in [-0.3, -0.25) is 9.78 Å². The summed E-state index contributed by atoms with van der Waals surface area (Å²) in [7, 11) is -4.08. The summed E-state index contributed by atoms with van der Waals surface area (Å²) in [6.07, 6.45) is 7.54. The minimum absolute atomic E-state index is 0.0397.